The zero-order valence-corrected chi connectivity index (χ0v) is 5.93. The van der Waals surface area contributed by atoms with Crippen molar-refractivity contribution in [1.29, 1.82) is 0 Å². The molecular formula is C6H13NO. The Morgan fingerprint density at radius 2 is 2.00 bits per heavy atom. The average molecular weight is 115 g/mol. The van der Waals surface area contributed by atoms with Crippen LogP contribution in [0.2, 0.25) is 0 Å². The van der Waals surface area contributed by atoms with Gasteiger partial charge in [0.05, 0.1) is 7.11 Å². The minimum atomic E-state index is 0.343. The summed E-state index contributed by atoms with van der Waals surface area (Å²) in [5, 5.41) is 0. The summed E-state index contributed by atoms with van der Waals surface area (Å²) in [7, 11) is 1.63. The Morgan fingerprint density at radius 3 is 2.12 bits per heavy atom. The minimum Gasteiger partial charge on any atom is -0.484 e. The van der Waals surface area contributed by atoms with Gasteiger partial charge >= 0.3 is 0 Å². The molecule has 0 N–H and O–H groups in total. The topological polar surface area (TPSA) is 21.6 Å². The lowest BCUT2D eigenvalue weighted by Gasteiger charge is -1.98. The molecule has 0 heterocycles. The van der Waals surface area contributed by atoms with Gasteiger partial charge in [0.1, 0.15) is 0 Å². The van der Waals surface area contributed by atoms with E-state index in [0.717, 1.165) is 5.90 Å². The Bertz CT molecular complexity index is 86.5. The molecule has 0 amide bonds. The van der Waals surface area contributed by atoms with Gasteiger partial charge in [0.2, 0.25) is 0 Å². The summed E-state index contributed by atoms with van der Waals surface area (Å²) < 4.78 is 4.81. The molecule has 0 aliphatic heterocycles. The monoisotopic (exact) mass is 115 g/mol. The molecule has 0 aromatic heterocycles. The Labute approximate surface area is 50.6 Å². The highest BCUT2D eigenvalue weighted by molar-refractivity contribution is 5.72. The van der Waals surface area contributed by atoms with Crippen LogP contribution in [0.1, 0.15) is 20.8 Å². The molecule has 0 spiro atoms. The van der Waals surface area contributed by atoms with Crippen molar-refractivity contribution in [2.45, 2.75) is 26.8 Å². The molecule has 0 aliphatic rings. The van der Waals surface area contributed by atoms with Gasteiger partial charge in [0.15, 0.2) is 5.90 Å². The second-order valence-electron chi connectivity index (χ2n) is 1.95. The fraction of sp³-hybridized carbons (Fsp3) is 0.833. The first-order valence-electron chi connectivity index (χ1n) is 2.75. The maximum Gasteiger partial charge on any atom is 0.179 e. The molecule has 48 valence electrons. The average Bonchev–Trinajstić information content (AvgIpc) is 1.65. The highest BCUT2D eigenvalue weighted by Gasteiger charge is 1.87. The van der Waals surface area contributed by atoms with Crippen molar-refractivity contribution in [1.82, 2.24) is 0 Å². The van der Waals surface area contributed by atoms with Crippen molar-refractivity contribution in [3.63, 3.8) is 0 Å². The van der Waals surface area contributed by atoms with Gasteiger partial charge in [-0.05, 0) is 13.8 Å². The number of methoxy groups -OCH3 is 1. The number of ether oxygens (including phenoxy) is 1. The summed E-state index contributed by atoms with van der Waals surface area (Å²) in [5.74, 6) is 0.750. The van der Waals surface area contributed by atoms with Gasteiger partial charge in [0, 0.05) is 13.0 Å². The van der Waals surface area contributed by atoms with Crippen LogP contribution in [-0.2, 0) is 4.74 Å². The summed E-state index contributed by atoms with van der Waals surface area (Å²) in [6.07, 6.45) is 0. The van der Waals surface area contributed by atoms with Gasteiger partial charge < -0.3 is 4.74 Å². The maximum atomic E-state index is 4.81. The van der Waals surface area contributed by atoms with Gasteiger partial charge in [-0.1, -0.05) is 0 Å². The lowest BCUT2D eigenvalue weighted by Crippen LogP contribution is -1.99. The van der Waals surface area contributed by atoms with Gasteiger partial charge in [-0.15, -0.1) is 0 Å². The van der Waals surface area contributed by atoms with E-state index in [9.17, 15) is 0 Å². The molecule has 0 fully saturated rings. The van der Waals surface area contributed by atoms with Crippen LogP contribution in [-0.4, -0.2) is 19.0 Å². The number of hydrogen-bond donors (Lipinski definition) is 0. The fourth-order valence-electron chi connectivity index (χ4n) is 0.416. The van der Waals surface area contributed by atoms with Crippen LogP contribution in [0, 0.1) is 0 Å². The predicted molar refractivity (Wildman–Crippen MR) is 35.3 cm³/mol. The van der Waals surface area contributed by atoms with E-state index in [1.54, 1.807) is 7.11 Å². The number of nitrogens with zero attached hydrogens (tertiary/aromatic N) is 1. The lowest BCUT2D eigenvalue weighted by atomic mass is 10.4. The van der Waals surface area contributed by atoms with E-state index in [0.29, 0.717) is 6.04 Å². The molecule has 0 saturated heterocycles. The molecular weight excluding hydrogens is 102 g/mol. The first-order valence-corrected chi connectivity index (χ1v) is 2.75. The lowest BCUT2D eigenvalue weighted by molar-refractivity contribution is 0.395. The molecule has 0 unspecified atom stereocenters. The van der Waals surface area contributed by atoms with Gasteiger partial charge in [0.25, 0.3) is 0 Å². The van der Waals surface area contributed by atoms with Crippen molar-refractivity contribution in [2.24, 2.45) is 4.99 Å². The van der Waals surface area contributed by atoms with Crippen molar-refractivity contribution in [2.75, 3.05) is 7.11 Å². The third kappa shape index (κ3) is 3.65. The summed E-state index contributed by atoms with van der Waals surface area (Å²) in [6.45, 7) is 5.88. The molecule has 0 rings (SSSR count). The Hall–Kier alpha value is -0.530. The summed E-state index contributed by atoms with van der Waals surface area (Å²) in [5.41, 5.74) is 0. The second-order valence-corrected chi connectivity index (χ2v) is 1.95. The van der Waals surface area contributed by atoms with Crippen LogP contribution in [0.15, 0.2) is 4.99 Å². The van der Waals surface area contributed by atoms with Crippen LogP contribution in [0.3, 0.4) is 0 Å². The molecule has 0 aliphatic carbocycles. The molecule has 2 nitrogen and oxygen atoms in total. The van der Waals surface area contributed by atoms with E-state index in [4.69, 9.17) is 4.74 Å². The number of hydrogen-bond acceptors (Lipinski definition) is 2. The highest BCUT2D eigenvalue weighted by atomic mass is 16.5. The maximum absolute atomic E-state index is 4.81. The highest BCUT2D eigenvalue weighted by Crippen LogP contribution is 1.87. The second kappa shape index (κ2) is 3.47. The number of aliphatic imine (C=N–C) groups is 1. The fourth-order valence-corrected chi connectivity index (χ4v) is 0.416. The van der Waals surface area contributed by atoms with E-state index >= 15 is 0 Å². The molecule has 8 heavy (non-hydrogen) atoms. The van der Waals surface area contributed by atoms with Crippen molar-refractivity contribution >= 4 is 5.90 Å². The zero-order valence-electron chi connectivity index (χ0n) is 5.93. The summed E-state index contributed by atoms with van der Waals surface area (Å²) in [6, 6.07) is 0.343. The Balaban J connectivity index is 3.56. The first-order chi connectivity index (χ1) is 3.66. The first kappa shape index (κ1) is 7.47. The van der Waals surface area contributed by atoms with Crippen molar-refractivity contribution in [3.05, 3.63) is 0 Å². The zero-order chi connectivity index (χ0) is 6.57. The van der Waals surface area contributed by atoms with Crippen molar-refractivity contribution < 1.29 is 4.74 Å². The summed E-state index contributed by atoms with van der Waals surface area (Å²) in [4.78, 5) is 4.09. The van der Waals surface area contributed by atoms with Crippen LogP contribution >= 0.6 is 0 Å². The van der Waals surface area contributed by atoms with Crippen molar-refractivity contribution in [3.8, 4) is 0 Å². The van der Waals surface area contributed by atoms with Crippen LogP contribution in [0.25, 0.3) is 0 Å². The smallest absolute Gasteiger partial charge is 0.179 e. The normalized spacial score (nSPS) is 12.4. The molecule has 0 atom stereocenters. The van der Waals surface area contributed by atoms with E-state index in [1.807, 2.05) is 20.8 Å². The van der Waals surface area contributed by atoms with Crippen LogP contribution < -0.4 is 0 Å². The van der Waals surface area contributed by atoms with E-state index in [1.165, 1.54) is 0 Å². The molecule has 0 aromatic carbocycles. The van der Waals surface area contributed by atoms with Gasteiger partial charge in [-0.3, -0.25) is 4.99 Å². The van der Waals surface area contributed by atoms with E-state index < -0.39 is 0 Å². The number of rotatable bonds is 1. The molecule has 0 radical (unpaired) electrons. The van der Waals surface area contributed by atoms with Crippen LogP contribution in [0.4, 0.5) is 0 Å². The third-order valence-electron chi connectivity index (χ3n) is 0.735. The quantitative estimate of drug-likeness (QED) is 0.374. The Morgan fingerprint density at radius 1 is 1.50 bits per heavy atom. The van der Waals surface area contributed by atoms with E-state index in [2.05, 4.69) is 4.99 Å². The van der Waals surface area contributed by atoms with Gasteiger partial charge in [-0.2, -0.15) is 0 Å². The summed E-state index contributed by atoms with van der Waals surface area (Å²) >= 11 is 0. The molecule has 0 saturated carbocycles. The standard InChI is InChI=1S/C6H13NO/c1-5(2)7-6(3)8-4/h5H,1-4H3/b7-6+. The molecule has 0 bridgehead atoms. The largest absolute Gasteiger partial charge is 0.484 e. The Kier molecular flexibility index (Phi) is 3.24. The minimum absolute atomic E-state index is 0.343. The molecule has 2 heteroatoms. The van der Waals surface area contributed by atoms with E-state index in [-0.39, 0.29) is 0 Å². The SMILES string of the molecule is CO/C(C)=N/C(C)C. The molecule has 0 aromatic rings. The van der Waals surface area contributed by atoms with Gasteiger partial charge in [-0.25, -0.2) is 0 Å². The predicted octanol–water partition coefficient (Wildman–Crippen LogP) is 1.46. The third-order valence-corrected chi connectivity index (χ3v) is 0.735. The van der Waals surface area contributed by atoms with Crippen LogP contribution in [0.5, 0.6) is 0 Å².